The summed E-state index contributed by atoms with van der Waals surface area (Å²) in [6, 6.07) is 17.9. The minimum atomic E-state index is -2.19. The third-order valence-electron chi connectivity index (χ3n) is 12.9. The summed E-state index contributed by atoms with van der Waals surface area (Å²) in [5.74, 6) is -7.96. The second-order valence-electron chi connectivity index (χ2n) is 18.8. The molecule has 5 aromatic rings. The van der Waals surface area contributed by atoms with Gasteiger partial charge in [0.15, 0.2) is 23.9 Å². The summed E-state index contributed by atoms with van der Waals surface area (Å²) in [6.45, 7) is -2.42. The minimum absolute atomic E-state index is 0.0271. The molecule has 14 N–H and O–H groups in total. The highest BCUT2D eigenvalue weighted by Crippen LogP contribution is 2.44. The van der Waals surface area contributed by atoms with Crippen LogP contribution in [0.3, 0.4) is 0 Å². The third kappa shape index (κ3) is 14.4. The second-order valence-corrected chi connectivity index (χ2v) is 18.8. The van der Waals surface area contributed by atoms with Gasteiger partial charge in [-0.2, -0.15) is 0 Å². The van der Waals surface area contributed by atoms with Crippen LogP contribution in [0.5, 0.6) is 40.2 Å². The summed E-state index contributed by atoms with van der Waals surface area (Å²) >= 11 is 0. The molecule has 15 atom stereocenters. The molecule has 0 amide bonds. The molecular formula is C54H55O28+. The molecule has 7 unspecified atom stereocenters. The van der Waals surface area contributed by atoms with Gasteiger partial charge in [0.2, 0.25) is 18.3 Å². The molecular weight excluding hydrogens is 1100 g/mol. The number of carboxylic acids is 1. The molecule has 0 bridgehead atoms. The van der Waals surface area contributed by atoms with Crippen LogP contribution in [-0.4, -0.2) is 207 Å². The van der Waals surface area contributed by atoms with Gasteiger partial charge in [-0.3, -0.25) is 9.59 Å². The first-order chi connectivity index (χ1) is 39.0. The van der Waals surface area contributed by atoms with Gasteiger partial charge in [-0.25, -0.2) is 14.0 Å². The lowest BCUT2D eigenvalue weighted by atomic mass is 9.97. The highest BCUT2D eigenvalue weighted by atomic mass is 16.8. The number of aliphatic hydroxyl groups is 8. The standard InChI is InChI=1S/C54H54O28/c55-26-8-1-23(2-9-26)5-13-39(62)73-20-35-42(65)46(69)49(72)53(80-35)82-51-47(70)44(67)37(21-74-40(63)14-6-24-3-10-27(56)11-4-24)81-54(51)78-34-18-29-32(76-50(34)25-7-12-30(58)31(59)15-25)16-28(57)17-33(29)77-52-48(71)45(68)43(66)36(79-52)22-75-41(64)19-38(60)61/h1-18,35-37,42-49,51-54,65-72H,19-22H2,(H5-,55,56,57,58,59,60,61,62,63)/p+1/t35?,36?,37?,42-,43-,44-,45+,46?,47?,48?,49-,51?,52-,53+,54-/m1/s1. The quantitative estimate of drug-likeness (QED) is 0.0125. The van der Waals surface area contributed by atoms with Crippen LogP contribution in [0, 0.1) is 0 Å². The minimum Gasteiger partial charge on any atom is -0.508 e. The molecule has 3 aliphatic rings. The molecule has 28 nitrogen and oxygen atoms in total. The molecule has 3 fully saturated rings. The molecule has 0 aliphatic carbocycles. The highest BCUT2D eigenvalue weighted by molar-refractivity contribution is 5.91. The van der Waals surface area contributed by atoms with E-state index in [1.54, 1.807) is 0 Å². The van der Waals surface area contributed by atoms with Gasteiger partial charge in [0.1, 0.15) is 122 Å². The fourth-order valence-electron chi connectivity index (χ4n) is 8.50. The zero-order valence-electron chi connectivity index (χ0n) is 42.4. The van der Waals surface area contributed by atoms with Crippen LogP contribution >= 0.6 is 0 Å². The Hall–Kier alpha value is -8.23. The number of benzene rings is 4. The lowest BCUT2D eigenvalue weighted by Gasteiger charge is -2.45. The molecule has 0 saturated carbocycles. The molecule has 82 heavy (non-hydrogen) atoms. The third-order valence-corrected chi connectivity index (χ3v) is 12.9. The van der Waals surface area contributed by atoms with E-state index in [2.05, 4.69) is 0 Å². The summed E-state index contributed by atoms with van der Waals surface area (Å²) in [6.07, 6.45) is -26.1. The van der Waals surface area contributed by atoms with Gasteiger partial charge in [0, 0.05) is 30.4 Å². The van der Waals surface area contributed by atoms with Crippen molar-refractivity contribution in [2.24, 2.45) is 0 Å². The van der Waals surface area contributed by atoms with Gasteiger partial charge < -0.3 is 114 Å². The molecule has 1 aromatic heterocycles. The summed E-state index contributed by atoms with van der Waals surface area (Å²) in [7, 11) is 0. The van der Waals surface area contributed by atoms with E-state index in [-0.39, 0.29) is 33.8 Å². The molecule has 4 heterocycles. The summed E-state index contributed by atoms with van der Waals surface area (Å²) in [4.78, 5) is 48.7. The van der Waals surface area contributed by atoms with Crippen molar-refractivity contribution in [3.63, 3.8) is 0 Å². The molecule has 8 rings (SSSR count). The van der Waals surface area contributed by atoms with Crippen LogP contribution in [-0.2, 0) is 52.3 Å². The lowest BCUT2D eigenvalue weighted by molar-refractivity contribution is -0.358. The predicted octanol–water partition coefficient (Wildman–Crippen LogP) is -0.355. The molecule has 438 valence electrons. The first kappa shape index (κ1) is 59.9. The lowest BCUT2D eigenvalue weighted by Crippen LogP contribution is -2.65. The van der Waals surface area contributed by atoms with E-state index < -0.39 is 171 Å². The number of ether oxygens (including phenoxy) is 9. The Morgan fingerprint density at radius 2 is 1.00 bits per heavy atom. The van der Waals surface area contributed by atoms with Gasteiger partial charge >= 0.3 is 35.2 Å². The number of esters is 3. The Bertz CT molecular complexity index is 3130. The SMILES string of the molecule is O=C(O)CC(=O)OCC1O[C@@H](Oc2cc(O)cc3[o+]c(-c4ccc(O)c(O)c4)c(O[C@@H]4OC(COC(=O)/C=C/c5ccc(O)cc5)[C@@H](O)C(O)C4O[C@@H]4OC(COC(=O)/C=C/c5ccc(O)cc5)[C@@H](O)C(O)[C@H]4O)cc23)C(O)[C@@H](O)[C@@H]1O. The number of fused-ring (bicyclic) bond motifs is 1. The van der Waals surface area contributed by atoms with E-state index in [9.17, 15) is 85.6 Å². The molecule has 0 spiro atoms. The van der Waals surface area contributed by atoms with Gasteiger partial charge in [0.05, 0.1) is 11.6 Å². The van der Waals surface area contributed by atoms with Gasteiger partial charge in [-0.1, -0.05) is 24.3 Å². The Labute approximate surface area is 461 Å². The predicted molar refractivity (Wildman–Crippen MR) is 271 cm³/mol. The molecule has 3 aliphatic heterocycles. The number of aliphatic hydroxyl groups excluding tert-OH is 8. The van der Waals surface area contributed by atoms with Gasteiger partial charge in [-0.05, 0) is 59.7 Å². The zero-order valence-corrected chi connectivity index (χ0v) is 42.4. The fraction of sp³-hybridized carbons (Fsp3) is 0.352. The number of hydrogen-bond donors (Lipinski definition) is 14. The Kier molecular flexibility index (Phi) is 19.1. The van der Waals surface area contributed by atoms with E-state index >= 15 is 0 Å². The number of aliphatic carboxylic acids is 1. The Morgan fingerprint density at radius 1 is 0.500 bits per heavy atom. The van der Waals surface area contributed by atoms with Crippen molar-refractivity contribution in [3.8, 4) is 51.6 Å². The van der Waals surface area contributed by atoms with Crippen LogP contribution < -0.4 is 9.47 Å². The normalized spacial score (nSPS) is 28.4. The number of phenols is 5. The number of phenolic OH excluding ortho intramolecular Hbond substituents is 5. The zero-order chi connectivity index (χ0) is 59.1. The van der Waals surface area contributed by atoms with E-state index in [1.165, 1.54) is 66.7 Å². The van der Waals surface area contributed by atoms with Crippen LogP contribution in [0.25, 0.3) is 34.4 Å². The number of carbonyl (C=O) groups is 4. The molecule has 28 heteroatoms. The first-order valence-corrected chi connectivity index (χ1v) is 24.7. The maximum Gasteiger partial charge on any atom is 0.402 e. The van der Waals surface area contributed by atoms with E-state index in [0.717, 1.165) is 42.5 Å². The van der Waals surface area contributed by atoms with Gasteiger partial charge in [0.25, 0.3) is 0 Å². The largest absolute Gasteiger partial charge is 0.508 e. The Balaban J connectivity index is 1.13. The fourth-order valence-corrected chi connectivity index (χ4v) is 8.50. The Morgan fingerprint density at radius 3 is 1.55 bits per heavy atom. The summed E-state index contributed by atoms with van der Waals surface area (Å²) < 4.78 is 57.6. The van der Waals surface area contributed by atoms with Gasteiger partial charge in [-0.15, -0.1) is 0 Å². The van der Waals surface area contributed by atoms with Crippen LogP contribution in [0.2, 0.25) is 0 Å². The molecule has 3 saturated heterocycles. The van der Waals surface area contributed by atoms with Crippen molar-refractivity contribution in [3.05, 3.63) is 108 Å². The average Bonchev–Trinajstić information content (AvgIpc) is 2.58. The van der Waals surface area contributed by atoms with E-state index in [0.29, 0.717) is 11.1 Å². The molecule has 0 radical (unpaired) electrons. The van der Waals surface area contributed by atoms with Crippen molar-refractivity contribution in [1.29, 1.82) is 0 Å². The van der Waals surface area contributed by atoms with Crippen molar-refractivity contribution in [2.45, 2.75) is 98.5 Å². The second kappa shape index (κ2) is 26.1. The van der Waals surface area contributed by atoms with Crippen molar-refractivity contribution in [2.75, 3.05) is 19.8 Å². The number of rotatable bonds is 19. The number of carbonyl (C=O) groups excluding carboxylic acids is 3. The monoisotopic (exact) mass is 1150 g/mol. The number of aromatic hydroxyl groups is 5. The summed E-state index contributed by atoms with van der Waals surface area (Å²) in [5.41, 5.74) is 0.610. The van der Waals surface area contributed by atoms with E-state index in [4.69, 9.17) is 52.2 Å². The van der Waals surface area contributed by atoms with E-state index in [1.807, 2.05) is 0 Å². The van der Waals surface area contributed by atoms with Crippen LogP contribution in [0.15, 0.2) is 101 Å². The smallest absolute Gasteiger partial charge is 0.402 e. The van der Waals surface area contributed by atoms with Crippen molar-refractivity contribution < 1.29 is 138 Å². The maximum atomic E-state index is 13.0. The maximum absolute atomic E-state index is 13.0. The van der Waals surface area contributed by atoms with Crippen molar-refractivity contribution >= 4 is 47.0 Å². The average molecular weight is 1150 g/mol. The number of carboxylic acid groups (broad SMARTS) is 1. The van der Waals surface area contributed by atoms with Crippen LogP contribution in [0.4, 0.5) is 0 Å². The molecule has 4 aromatic carbocycles. The summed E-state index contributed by atoms with van der Waals surface area (Å²) in [5, 5.41) is 149. The van der Waals surface area contributed by atoms with Crippen molar-refractivity contribution in [1.82, 2.24) is 0 Å². The first-order valence-electron chi connectivity index (χ1n) is 24.7. The topological polar surface area (TPSA) is 446 Å². The highest BCUT2D eigenvalue weighted by Gasteiger charge is 2.53. The van der Waals surface area contributed by atoms with Crippen LogP contribution in [0.1, 0.15) is 17.5 Å². The number of hydrogen-bond acceptors (Lipinski definition) is 26.